The van der Waals surface area contributed by atoms with Crippen molar-refractivity contribution < 1.29 is 9.90 Å². The summed E-state index contributed by atoms with van der Waals surface area (Å²) in [6.45, 7) is 0. The Hall–Kier alpha value is -0.370. The average Bonchev–Trinajstić information content (AvgIpc) is 2.07. The summed E-state index contributed by atoms with van der Waals surface area (Å²) in [7, 11) is 0. The van der Waals surface area contributed by atoms with E-state index < -0.39 is 5.60 Å². The van der Waals surface area contributed by atoms with Crippen LogP contribution in [-0.4, -0.2) is 16.5 Å². The molecule has 0 aliphatic heterocycles. The first-order valence-electron chi connectivity index (χ1n) is 4.99. The van der Waals surface area contributed by atoms with Crippen molar-refractivity contribution in [1.29, 1.82) is 0 Å². The van der Waals surface area contributed by atoms with Crippen molar-refractivity contribution in [2.45, 2.75) is 50.5 Å². The molecule has 2 aliphatic rings. The third-order valence-electron chi connectivity index (χ3n) is 3.48. The summed E-state index contributed by atoms with van der Waals surface area (Å²) in [5.41, 5.74) is -0.906. The minimum atomic E-state index is -0.906. The van der Waals surface area contributed by atoms with Gasteiger partial charge in [-0.2, -0.15) is 0 Å². The first-order valence-corrected chi connectivity index (χ1v) is 4.99. The number of ketones is 1. The smallest absolute Gasteiger partial charge is 0.164 e. The van der Waals surface area contributed by atoms with Crippen molar-refractivity contribution in [3.63, 3.8) is 0 Å². The van der Waals surface area contributed by atoms with Gasteiger partial charge in [0.05, 0.1) is 0 Å². The number of carbonyl (C=O) groups is 1. The molecule has 0 radical (unpaired) electrons. The van der Waals surface area contributed by atoms with Crippen molar-refractivity contribution in [1.82, 2.24) is 0 Å². The molecule has 2 aliphatic carbocycles. The lowest BCUT2D eigenvalue weighted by Crippen LogP contribution is -2.50. The van der Waals surface area contributed by atoms with Crippen LogP contribution in [0.3, 0.4) is 0 Å². The fraction of sp³-hybridized carbons (Fsp3) is 0.900. The van der Waals surface area contributed by atoms with Gasteiger partial charge in [-0.05, 0) is 31.6 Å². The summed E-state index contributed by atoms with van der Waals surface area (Å²) in [5.74, 6) is 0.394. The molecule has 2 nitrogen and oxygen atoms in total. The Kier molecular flexibility index (Phi) is 1.95. The van der Waals surface area contributed by atoms with Crippen LogP contribution in [-0.2, 0) is 4.79 Å². The summed E-state index contributed by atoms with van der Waals surface area (Å²) in [5, 5.41) is 10.1. The van der Waals surface area contributed by atoms with Crippen LogP contribution in [0.2, 0.25) is 0 Å². The molecule has 2 heteroatoms. The molecule has 2 rings (SSSR count). The topological polar surface area (TPSA) is 37.3 Å². The summed E-state index contributed by atoms with van der Waals surface area (Å²) in [4.78, 5) is 11.5. The van der Waals surface area contributed by atoms with E-state index in [2.05, 4.69) is 0 Å². The lowest BCUT2D eigenvalue weighted by molar-refractivity contribution is -0.152. The van der Waals surface area contributed by atoms with Crippen molar-refractivity contribution in [3.8, 4) is 0 Å². The van der Waals surface area contributed by atoms with Gasteiger partial charge in [-0.25, -0.2) is 0 Å². The summed E-state index contributed by atoms with van der Waals surface area (Å²) in [6.07, 6.45) is 6.65. The van der Waals surface area contributed by atoms with Gasteiger partial charge >= 0.3 is 0 Å². The molecule has 0 unspecified atom stereocenters. The van der Waals surface area contributed by atoms with Gasteiger partial charge in [0.2, 0.25) is 0 Å². The van der Waals surface area contributed by atoms with E-state index in [1.165, 1.54) is 6.42 Å². The third kappa shape index (κ3) is 1.09. The normalized spacial score (nSPS) is 42.4. The molecule has 2 atom stereocenters. The van der Waals surface area contributed by atoms with E-state index in [0.29, 0.717) is 6.42 Å². The zero-order chi connectivity index (χ0) is 8.60. The first kappa shape index (κ1) is 8.24. The van der Waals surface area contributed by atoms with E-state index in [9.17, 15) is 9.90 Å². The molecular weight excluding hydrogens is 152 g/mol. The van der Waals surface area contributed by atoms with Crippen LogP contribution >= 0.6 is 0 Å². The first-order chi connectivity index (χ1) is 5.73. The highest BCUT2D eigenvalue weighted by Crippen LogP contribution is 2.41. The maximum absolute atomic E-state index is 11.5. The van der Waals surface area contributed by atoms with E-state index in [1.54, 1.807) is 0 Å². The summed E-state index contributed by atoms with van der Waals surface area (Å²) < 4.78 is 0. The minimum absolute atomic E-state index is 0.110. The predicted molar refractivity (Wildman–Crippen MR) is 45.8 cm³/mol. The molecule has 0 amide bonds. The molecule has 2 saturated carbocycles. The highest BCUT2D eigenvalue weighted by molar-refractivity contribution is 5.88. The second kappa shape index (κ2) is 2.84. The van der Waals surface area contributed by atoms with Crippen molar-refractivity contribution >= 4 is 5.78 Å². The Labute approximate surface area is 73.0 Å². The quantitative estimate of drug-likeness (QED) is 0.597. The van der Waals surface area contributed by atoms with E-state index >= 15 is 0 Å². The van der Waals surface area contributed by atoms with Crippen molar-refractivity contribution in [2.75, 3.05) is 0 Å². The zero-order valence-corrected chi connectivity index (χ0v) is 7.38. The maximum Gasteiger partial charge on any atom is 0.164 e. The SMILES string of the molecule is O=C1CCC[C@@H]2CCCC[C@@]12O. The molecular formula is C10H16O2. The van der Waals surface area contributed by atoms with E-state index in [0.717, 1.165) is 32.1 Å². The number of carbonyl (C=O) groups excluding carboxylic acids is 1. The van der Waals surface area contributed by atoms with Gasteiger partial charge < -0.3 is 5.11 Å². The molecule has 68 valence electrons. The lowest BCUT2D eigenvalue weighted by atomic mass is 9.67. The molecule has 2 fully saturated rings. The van der Waals surface area contributed by atoms with Crippen LogP contribution in [0.25, 0.3) is 0 Å². The van der Waals surface area contributed by atoms with Crippen LogP contribution in [0, 0.1) is 5.92 Å². The number of hydrogen-bond acceptors (Lipinski definition) is 2. The second-order valence-corrected chi connectivity index (χ2v) is 4.18. The Bertz CT molecular complexity index is 198. The van der Waals surface area contributed by atoms with Crippen LogP contribution in [0.15, 0.2) is 0 Å². The number of Topliss-reactive ketones (excluding diaryl/α,β-unsaturated/α-hetero) is 1. The predicted octanol–water partition coefficient (Wildman–Crippen LogP) is 1.66. The summed E-state index contributed by atoms with van der Waals surface area (Å²) in [6, 6.07) is 0. The number of fused-ring (bicyclic) bond motifs is 1. The highest BCUT2D eigenvalue weighted by Gasteiger charge is 2.46. The van der Waals surface area contributed by atoms with E-state index in [-0.39, 0.29) is 11.7 Å². The highest BCUT2D eigenvalue weighted by atomic mass is 16.3. The van der Waals surface area contributed by atoms with Gasteiger partial charge in [0, 0.05) is 6.42 Å². The number of hydrogen-bond donors (Lipinski definition) is 1. The van der Waals surface area contributed by atoms with Gasteiger partial charge in [0.25, 0.3) is 0 Å². The third-order valence-corrected chi connectivity index (χ3v) is 3.48. The van der Waals surface area contributed by atoms with Crippen LogP contribution in [0.4, 0.5) is 0 Å². The van der Waals surface area contributed by atoms with Gasteiger partial charge in [0.15, 0.2) is 5.78 Å². The molecule has 12 heavy (non-hydrogen) atoms. The van der Waals surface area contributed by atoms with Crippen LogP contribution in [0.1, 0.15) is 44.9 Å². The second-order valence-electron chi connectivity index (χ2n) is 4.18. The molecule has 0 heterocycles. The number of rotatable bonds is 0. The Morgan fingerprint density at radius 3 is 2.75 bits per heavy atom. The van der Waals surface area contributed by atoms with Crippen molar-refractivity contribution in [2.24, 2.45) is 5.92 Å². The molecule has 0 bridgehead atoms. The largest absolute Gasteiger partial charge is 0.382 e. The standard InChI is InChI=1S/C10H16O2/c11-9-6-3-5-8-4-1-2-7-10(8,9)12/h8,12H,1-7H2/t8-,10-/m0/s1. The Balaban J connectivity index is 2.20. The zero-order valence-electron chi connectivity index (χ0n) is 7.38. The molecule has 0 aromatic heterocycles. The Morgan fingerprint density at radius 2 is 2.00 bits per heavy atom. The fourth-order valence-corrected chi connectivity index (χ4v) is 2.70. The van der Waals surface area contributed by atoms with Gasteiger partial charge in [-0.15, -0.1) is 0 Å². The Morgan fingerprint density at radius 1 is 1.25 bits per heavy atom. The van der Waals surface area contributed by atoms with Gasteiger partial charge in [-0.3, -0.25) is 4.79 Å². The molecule has 1 N–H and O–H groups in total. The monoisotopic (exact) mass is 168 g/mol. The van der Waals surface area contributed by atoms with Gasteiger partial charge in [0.1, 0.15) is 5.60 Å². The molecule has 0 saturated heterocycles. The fourth-order valence-electron chi connectivity index (χ4n) is 2.70. The minimum Gasteiger partial charge on any atom is -0.382 e. The van der Waals surface area contributed by atoms with Crippen LogP contribution < -0.4 is 0 Å². The average molecular weight is 168 g/mol. The van der Waals surface area contributed by atoms with Gasteiger partial charge in [-0.1, -0.05) is 12.8 Å². The van der Waals surface area contributed by atoms with Crippen molar-refractivity contribution in [3.05, 3.63) is 0 Å². The molecule has 0 aromatic rings. The number of aliphatic hydroxyl groups is 1. The summed E-state index contributed by atoms with van der Waals surface area (Å²) >= 11 is 0. The van der Waals surface area contributed by atoms with Crippen LogP contribution in [0.5, 0.6) is 0 Å². The van der Waals surface area contributed by atoms with E-state index in [4.69, 9.17) is 0 Å². The lowest BCUT2D eigenvalue weighted by Gasteiger charge is -2.41. The molecule has 0 aromatic carbocycles. The molecule has 0 spiro atoms. The van der Waals surface area contributed by atoms with E-state index in [1.807, 2.05) is 0 Å². The maximum atomic E-state index is 11.5.